The lowest BCUT2D eigenvalue weighted by Gasteiger charge is -2.12. The SMILES string of the molecule is CNC(C)CNS(=O)(=O)c1c(C)nn(CC(C)C)c1C.Cl. The zero-order valence-corrected chi connectivity index (χ0v) is 15.2. The van der Waals surface area contributed by atoms with E-state index < -0.39 is 10.0 Å². The van der Waals surface area contributed by atoms with Gasteiger partial charge in [-0.2, -0.15) is 5.10 Å². The lowest BCUT2D eigenvalue weighted by atomic mass is 10.2. The molecule has 0 aliphatic heterocycles. The molecule has 0 aliphatic rings. The molecule has 1 unspecified atom stereocenters. The first-order valence-electron chi connectivity index (χ1n) is 6.90. The molecule has 1 aromatic heterocycles. The molecule has 0 saturated heterocycles. The van der Waals surface area contributed by atoms with Gasteiger partial charge in [-0.1, -0.05) is 13.8 Å². The number of nitrogens with one attached hydrogen (secondary N) is 2. The molecule has 6 nitrogen and oxygen atoms in total. The standard InChI is InChI=1S/C13H26N4O2S.ClH/c1-9(2)8-17-12(5)13(11(4)16-17)20(18,19)15-7-10(3)14-6;/h9-10,14-15H,7-8H2,1-6H3;1H. The normalized spacial score (nSPS) is 13.3. The van der Waals surface area contributed by atoms with Crippen LogP contribution in [0.25, 0.3) is 0 Å². The van der Waals surface area contributed by atoms with Crippen LogP contribution in [0, 0.1) is 19.8 Å². The second-order valence-electron chi connectivity index (χ2n) is 5.62. The minimum atomic E-state index is -3.52. The second-order valence-corrected chi connectivity index (χ2v) is 7.32. The first-order chi connectivity index (χ1) is 9.19. The third kappa shape index (κ3) is 5.25. The Morgan fingerprint density at radius 2 is 1.81 bits per heavy atom. The highest BCUT2D eigenvalue weighted by Gasteiger charge is 2.24. The number of halogens is 1. The average Bonchev–Trinajstić information content (AvgIpc) is 2.61. The van der Waals surface area contributed by atoms with Crippen molar-refractivity contribution in [1.82, 2.24) is 19.8 Å². The van der Waals surface area contributed by atoms with E-state index in [1.807, 2.05) is 6.92 Å². The highest BCUT2D eigenvalue weighted by molar-refractivity contribution is 7.89. The van der Waals surface area contributed by atoms with E-state index in [-0.39, 0.29) is 18.4 Å². The monoisotopic (exact) mass is 338 g/mol. The summed E-state index contributed by atoms with van der Waals surface area (Å²) in [6.45, 7) is 10.7. The summed E-state index contributed by atoms with van der Waals surface area (Å²) < 4.78 is 29.2. The van der Waals surface area contributed by atoms with E-state index in [1.54, 1.807) is 25.6 Å². The van der Waals surface area contributed by atoms with Crippen LogP contribution >= 0.6 is 12.4 Å². The molecule has 0 radical (unpaired) electrons. The first kappa shape index (κ1) is 20.4. The minimum Gasteiger partial charge on any atom is -0.316 e. The minimum absolute atomic E-state index is 0. The van der Waals surface area contributed by atoms with Crippen LogP contribution in [-0.2, 0) is 16.6 Å². The summed E-state index contributed by atoms with van der Waals surface area (Å²) in [5.74, 6) is 0.417. The Kier molecular flexibility index (Phi) is 7.88. The fourth-order valence-electron chi connectivity index (χ4n) is 2.00. The maximum atomic E-state index is 12.4. The zero-order chi connectivity index (χ0) is 15.5. The van der Waals surface area contributed by atoms with Crippen molar-refractivity contribution in [3.05, 3.63) is 11.4 Å². The van der Waals surface area contributed by atoms with Crippen LogP contribution in [0.5, 0.6) is 0 Å². The molecule has 0 saturated carbocycles. The Bertz CT molecular complexity index is 555. The molecule has 0 spiro atoms. The predicted octanol–water partition coefficient (Wildman–Crippen LogP) is 1.46. The summed E-state index contributed by atoms with van der Waals surface area (Å²) in [5, 5.41) is 7.35. The van der Waals surface area contributed by atoms with Crippen LogP contribution in [0.2, 0.25) is 0 Å². The van der Waals surface area contributed by atoms with Crippen molar-refractivity contribution in [3.8, 4) is 0 Å². The number of hydrogen-bond acceptors (Lipinski definition) is 4. The molecule has 0 fully saturated rings. The Hall–Kier alpha value is -0.630. The Labute approximate surface area is 134 Å². The van der Waals surface area contributed by atoms with Gasteiger partial charge in [-0.15, -0.1) is 12.4 Å². The summed E-state index contributed by atoms with van der Waals surface area (Å²) in [6.07, 6.45) is 0. The molecular weight excluding hydrogens is 312 g/mol. The number of rotatable bonds is 7. The molecular formula is C13H27ClN4O2S. The van der Waals surface area contributed by atoms with E-state index in [9.17, 15) is 8.42 Å². The Balaban J connectivity index is 0.00000400. The summed E-state index contributed by atoms with van der Waals surface area (Å²) in [7, 11) is -1.71. The Morgan fingerprint density at radius 3 is 2.29 bits per heavy atom. The van der Waals surface area contributed by atoms with Crippen LogP contribution in [0.1, 0.15) is 32.2 Å². The van der Waals surface area contributed by atoms with Gasteiger partial charge in [-0.05, 0) is 33.7 Å². The molecule has 0 aromatic carbocycles. The van der Waals surface area contributed by atoms with Crippen molar-refractivity contribution in [1.29, 1.82) is 0 Å². The van der Waals surface area contributed by atoms with E-state index in [4.69, 9.17) is 0 Å². The molecule has 1 heterocycles. The third-order valence-electron chi connectivity index (χ3n) is 3.19. The molecule has 124 valence electrons. The molecule has 1 rings (SSSR count). The van der Waals surface area contributed by atoms with Gasteiger partial charge in [-0.3, -0.25) is 4.68 Å². The molecule has 8 heteroatoms. The quantitative estimate of drug-likeness (QED) is 0.789. The summed E-state index contributed by atoms with van der Waals surface area (Å²) >= 11 is 0. The molecule has 1 aromatic rings. The molecule has 0 bridgehead atoms. The van der Waals surface area contributed by atoms with Crippen LogP contribution < -0.4 is 10.0 Å². The highest BCUT2D eigenvalue weighted by atomic mass is 35.5. The average molecular weight is 339 g/mol. The van der Waals surface area contributed by atoms with E-state index in [2.05, 4.69) is 29.0 Å². The summed E-state index contributed by atoms with van der Waals surface area (Å²) in [5.41, 5.74) is 1.24. The van der Waals surface area contributed by atoms with Gasteiger partial charge in [0.2, 0.25) is 10.0 Å². The number of sulfonamides is 1. The van der Waals surface area contributed by atoms with Crippen molar-refractivity contribution in [2.45, 2.75) is 52.1 Å². The second kappa shape index (κ2) is 8.12. The molecule has 0 aliphatic carbocycles. The zero-order valence-electron chi connectivity index (χ0n) is 13.6. The number of likely N-dealkylation sites (N-methyl/N-ethyl adjacent to an activating group) is 1. The molecule has 0 amide bonds. The summed E-state index contributed by atoms with van der Waals surface area (Å²) in [4.78, 5) is 0.307. The number of aryl methyl sites for hydroxylation is 1. The maximum absolute atomic E-state index is 12.4. The Morgan fingerprint density at radius 1 is 1.24 bits per heavy atom. The van der Waals surface area contributed by atoms with Gasteiger partial charge < -0.3 is 5.32 Å². The number of nitrogens with zero attached hydrogens (tertiary/aromatic N) is 2. The fourth-order valence-corrected chi connectivity index (χ4v) is 3.54. The lowest BCUT2D eigenvalue weighted by molar-refractivity contribution is 0.471. The molecule has 2 N–H and O–H groups in total. The lowest BCUT2D eigenvalue weighted by Crippen LogP contribution is -2.37. The van der Waals surface area contributed by atoms with Gasteiger partial charge in [0.1, 0.15) is 4.90 Å². The third-order valence-corrected chi connectivity index (χ3v) is 4.87. The van der Waals surface area contributed by atoms with E-state index >= 15 is 0 Å². The van der Waals surface area contributed by atoms with E-state index in [0.29, 0.717) is 28.7 Å². The van der Waals surface area contributed by atoms with Crippen LogP contribution in [0.3, 0.4) is 0 Å². The van der Waals surface area contributed by atoms with E-state index in [1.165, 1.54) is 0 Å². The first-order valence-corrected chi connectivity index (χ1v) is 8.38. The van der Waals surface area contributed by atoms with Gasteiger partial charge in [0, 0.05) is 19.1 Å². The van der Waals surface area contributed by atoms with Crippen molar-refractivity contribution in [2.24, 2.45) is 5.92 Å². The van der Waals surface area contributed by atoms with Crippen molar-refractivity contribution in [2.75, 3.05) is 13.6 Å². The maximum Gasteiger partial charge on any atom is 0.244 e. The largest absolute Gasteiger partial charge is 0.316 e. The van der Waals surface area contributed by atoms with E-state index in [0.717, 1.165) is 6.54 Å². The van der Waals surface area contributed by atoms with Gasteiger partial charge in [-0.25, -0.2) is 13.1 Å². The molecule has 21 heavy (non-hydrogen) atoms. The van der Waals surface area contributed by atoms with Crippen LogP contribution in [0.4, 0.5) is 0 Å². The molecule has 1 atom stereocenters. The highest BCUT2D eigenvalue weighted by Crippen LogP contribution is 2.20. The fraction of sp³-hybridized carbons (Fsp3) is 0.769. The number of hydrogen-bond donors (Lipinski definition) is 2. The van der Waals surface area contributed by atoms with Crippen LogP contribution in [0.15, 0.2) is 4.90 Å². The van der Waals surface area contributed by atoms with Crippen molar-refractivity contribution >= 4 is 22.4 Å². The van der Waals surface area contributed by atoms with Gasteiger partial charge in [0.25, 0.3) is 0 Å². The van der Waals surface area contributed by atoms with Crippen molar-refractivity contribution < 1.29 is 8.42 Å². The number of aromatic nitrogens is 2. The van der Waals surface area contributed by atoms with Gasteiger partial charge in [0.15, 0.2) is 0 Å². The summed E-state index contributed by atoms with van der Waals surface area (Å²) in [6, 6.07) is 0.0797. The predicted molar refractivity (Wildman–Crippen MR) is 87.5 cm³/mol. The van der Waals surface area contributed by atoms with Gasteiger partial charge >= 0.3 is 0 Å². The van der Waals surface area contributed by atoms with Gasteiger partial charge in [0.05, 0.1) is 11.4 Å². The van der Waals surface area contributed by atoms with Crippen LogP contribution in [-0.4, -0.2) is 37.8 Å². The smallest absolute Gasteiger partial charge is 0.244 e. The topological polar surface area (TPSA) is 76.0 Å². The van der Waals surface area contributed by atoms with Crippen molar-refractivity contribution in [3.63, 3.8) is 0 Å².